The summed E-state index contributed by atoms with van der Waals surface area (Å²) >= 11 is 0. The van der Waals surface area contributed by atoms with Crippen molar-refractivity contribution in [3.05, 3.63) is 0 Å². The molecular weight excluding hydrogens is 528 g/mol. The Bertz CT molecular complexity index is 2790. The van der Waals surface area contributed by atoms with Crippen LogP contribution in [0.3, 0.4) is 0 Å². The number of hydrogen-bond acceptors (Lipinski definition) is 0. The largest absolute Gasteiger partial charge is 0.0582 e. The van der Waals surface area contributed by atoms with Crippen molar-refractivity contribution in [2.75, 3.05) is 0 Å². The molecule has 0 amide bonds. The highest BCUT2D eigenvalue weighted by molar-refractivity contribution is 6.14. The van der Waals surface area contributed by atoms with E-state index < -0.39 is 0 Å². The van der Waals surface area contributed by atoms with Crippen LogP contribution in [0.15, 0.2) is 0 Å². The van der Waals surface area contributed by atoms with Crippen molar-refractivity contribution in [2.45, 2.75) is 47.5 Å². The molecular formula is C44H32. The number of rotatable bonds is 0. The maximum Gasteiger partial charge on any atom is -0.0000755 e. The topological polar surface area (TPSA) is 0 Å². The molecule has 37 atom stereocenters. The van der Waals surface area contributed by atoms with Gasteiger partial charge in [-0.15, -0.1) is 0 Å². The molecule has 0 heteroatoms. The molecule has 0 saturated heterocycles. The molecule has 19 spiro atoms. The normalized spacial score (nSPS) is 138. The fourth-order valence-electron chi connectivity index (χ4n) is 48.0. The minimum atomic E-state index is 0.793. The summed E-state index contributed by atoms with van der Waals surface area (Å²) in [5.41, 5.74) is 23.5. The van der Waals surface area contributed by atoms with E-state index >= 15 is 0 Å². The fraction of sp³-hybridized carbons (Fsp3) is 1.00. The van der Waals surface area contributed by atoms with Crippen molar-refractivity contribution in [3.8, 4) is 0 Å². The van der Waals surface area contributed by atoms with Crippen LogP contribution in [0, 0.1) is 207 Å². The zero-order valence-electron chi connectivity index (χ0n) is 25.9. The van der Waals surface area contributed by atoms with Gasteiger partial charge in [-0.1, -0.05) is 34.6 Å². The highest BCUT2D eigenvalue weighted by atomic mass is 15.7. The van der Waals surface area contributed by atoms with Crippen LogP contribution in [0.25, 0.3) is 0 Å². The average Bonchev–Trinajstić information content (AvgIpc) is 3.43. The monoisotopic (exact) mass is 560 g/mol. The molecule has 0 bridgehead atoms. The Hall–Kier alpha value is 0. The van der Waals surface area contributed by atoms with Gasteiger partial charge in [0.25, 0.3) is 0 Å². The average molecular weight is 561 g/mol. The molecule has 0 heterocycles. The highest BCUT2D eigenvalue weighted by Crippen LogP contribution is 3.70. The molecule has 0 N–H and O–H groups in total. The Labute approximate surface area is 253 Å². The molecule has 37 unspecified atom stereocenters. The molecule has 29 saturated carbocycles. The van der Waals surface area contributed by atoms with Crippen LogP contribution in [0.1, 0.15) is 47.5 Å². The standard InChI is InChI=1S/C44H32/c1-21-12-8-6-11-14-13-9-7-10-15-16-18-19-22(2)23(3)24(4)25(5)28(19)20-17(12)29(21)35(20,28)38(25)39(24)37(23)30(18,22)34(16)32(15)26(9,10)31(13)33(14)27(8,11)36(21)41(29,38)44(39)42(33,36)40(31,32)43(34,37)44/h8-20H,6-7H2,1-5H3. The lowest BCUT2D eigenvalue weighted by atomic mass is 8.38. The molecule has 29 fully saturated rings. The first kappa shape index (κ1) is 15.7. The van der Waals surface area contributed by atoms with E-state index in [2.05, 4.69) is 34.6 Å². The lowest BCUT2D eigenvalue weighted by Crippen LogP contribution is -3.62. The third-order valence-corrected chi connectivity index (χ3v) is 38.2. The maximum atomic E-state index is 3.24. The third kappa shape index (κ3) is 0.309. The Balaban J connectivity index is 1.02. The molecule has 0 aromatic heterocycles. The van der Waals surface area contributed by atoms with E-state index in [-0.39, 0.29) is 0 Å². The van der Waals surface area contributed by atoms with Gasteiger partial charge in [0.05, 0.1) is 0 Å². The van der Waals surface area contributed by atoms with Crippen LogP contribution >= 0.6 is 0 Å². The molecule has 44 heavy (non-hydrogen) atoms. The van der Waals surface area contributed by atoms with E-state index in [1.165, 1.54) is 76.9 Å². The van der Waals surface area contributed by atoms with Gasteiger partial charge in [0, 0.05) is 0 Å². The van der Waals surface area contributed by atoms with Crippen molar-refractivity contribution in [1.29, 1.82) is 0 Å². The van der Waals surface area contributed by atoms with E-state index in [1.54, 1.807) is 0 Å². The Morgan fingerprint density at radius 1 is 0.318 bits per heavy atom. The number of hydrogen-bond donors (Lipinski definition) is 0. The molecule has 29 aliphatic rings. The molecule has 0 aromatic carbocycles. The van der Waals surface area contributed by atoms with Gasteiger partial charge in [-0.3, -0.25) is 0 Å². The zero-order chi connectivity index (χ0) is 25.9. The lowest BCUT2D eigenvalue weighted by Gasteiger charge is -3.63. The third-order valence-electron chi connectivity index (χ3n) is 38.2. The minimum Gasteiger partial charge on any atom is -0.0582 e. The van der Waals surface area contributed by atoms with Gasteiger partial charge < -0.3 is 0 Å². The SMILES string of the molecule is CC12C3C4C5C6C7CC8C9C%10C%11CC%12C%13C%14C%15C3%16C3(C)C%17(C)C1(C)C1%18C42C52C64C87C95C%106C%12%11C78C%13(C)C%149C%15%16C3%10C%171C1(C97%10)C68C54C2%181. The van der Waals surface area contributed by atoms with Gasteiger partial charge in [-0.25, -0.2) is 0 Å². The van der Waals surface area contributed by atoms with Gasteiger partial charge in [-0.05, 0) is 220 Å². The summed E-state index contributed by atoms with van der Waals surface area (Å²) in [5.74, 6) is 17.2. The predicted octanol–water partition coefficient (Wildman–Crippen LogP) is 4.94. The second-order valence-corrected chi connectivity index (χ2v) is 28.3. The Morgan fingerprint density at radius 2 is 0.909 bits per heavy atom. The highest BCUT2D eigenvalue weighted by Gasteiger charge is 3.69. The lowest BCUT2D eigenvalue weighted by molar-refractivity contribution is -1.19. The van der Waals surface area contributed by atoms with Crippen LogP contribution in [-0.4, -0.2) is 0 Å². The van der Waals surface area contributed by atoms with Crippen LogP contribution in [0.4, 0.5) is 0 Å². The molecule has 29 aliphatic carbocycles. The summed E-state index contributed by atoms with van der Waals surface area (Å²) in [6, 6.07) is 0. The first-order valence-electron chi connectivity index (χ1n) is 21.3. The summed E-state index contributed by atoms with van der Waals surface area (Å²) in [7, 11) is 0. The minimum absolute atomic E-state index is 0.793. The first-order chi connectivity index (χ1) is 21.3. The van der Waals surface area contributed by atoms with Crippen molar-refractivity contribution < 1.29 is 0 Å². The van der Waals surface area contributed by atoms with Gasteiger partial charge >= 0.3 is 0 Å². The summed E-state index contributed by atoms with van der Waals surface area (Å²) in [6.07, 6.45) is 3.64. The quantitative estimate of drug-likeness (QED) is 0.394. The van der Waals surface area contributed by atoms with E-state index in [4.69, 9.17) is 0 Å². The summed E-state index contributed by atoms with van der Waals surface area (Å²) in [5, 5.41) is 0. The van der Waals surface area contributed by atoms with E-state index in [1.807, 2.05) is 12.8 Å². The smallest absolute Gasteiger partial charge is 0.0000755 e. The van der Waals surface area contributed by atoms with Crippen molar-refractivity contribution in [3.63, 3.8) is 0 Å². The van der Waals surface area contributed by atoms with Crippen molar-refractivity contribution in [1.82, 2.24) is 0 Å². The van der Waals surface area contributed by atoms with E-state index in [0.29, 0.717) is 0 Å². The summed E-state index contributed by atoms with van der Waals surface area (Å²) in [4.78, 5) is 0. The van der Waals surface area contributed by atoms with Crippen molar-refractivity contribution >= 4 is 0 Å². The first-order valence-corrected chi connectivity index (χ1v) is 21.3. The summed E-state index contributed by atoms with van der Waals surface area (Å²) < 4.78 is 0. The van der Waals surface area contributed by atoms with Gasteiger partial charge in [0.15, 0.2) is 0 Å². The molecule has 0 aromatic rings. The Morgan fingerprint density at radius 3 is 1.73 bits per heavy atom. The van der Waals surface area contributed by atoms with Crippen molar-refractivity contribution in [2.24, 2.45) is 207 Å². The predicted molar refractivity (Wildman–Crippen MR) is 141 cm³/mol. The van der Waals surface area contributed by atoms with Crippen LogP contribution in [-0.2, 0) is 0 Å². The number of fused-ring (bicyclic) bond motifs is 10. The Kier molecular flexibility index (Phi) is 0.790. The maximum absolute atomic E-state index is 3.24. The van der Waals surface area contributed by atoms with Crippen LogP contribution in [0.2, 0.25) is 0 Å². The van der Waals surface area contributed by atoms with Crippen LogP contribution < -0.4 is 0 Å². The zero-order valence-corrected chi connectivity index (χ0v) is 25.9. The second-order valence-electron chi connectivity index (χ2n) is 28.3. The van der Waals surface area contributed by atoms with E-state index in [0.717, 1.165) is 130 Å². The van der Waals surface area contributed by atoms with Gasteiger partial charge in [0.1, 0.15) is 0 Å². The van der Waals surface area contributed by atoms with E-state index in [9.17, 15) is 0 Å². The molecule has 29 rings (SSSR count). The second kappa shape index (κ2) is 2.22. The molecule has 0 radical (unpaired) electrons. The van der Waals surface area contributed by atoms with Gasteiger partial charge in [0.2, 0.25) is 0 Å². The van der Waals surface area contributed by atoms with Gasteiger partial charge in [-0.2, -0.15) is 0 Å². The fourth-order valence-corrected chi connectivity index (χ4v) is 48.0. The molecule has 0 nitrogen and oxygen atoms in total. The molecule has 0 aliphatic heterocycles. The summed E-state index contributed by atoms with van der Waals surface area (Å²) in [6.45, 7) is 16.0. The van der Waals surface area contributed by atoms with Crippen LogP contribution in [0.5, 0.6) is 0 Å². The molecule has 208 valence electrons.